The largest absolute Gasteiger partial charge is 0.350 e. The molecule has 6 nitrogen and oxygen atoms in total. The predicted molar refractivity (Wildman–Crippen MR) is 88.5 cm³/mol. The van der Waals surface area contributed by atoms with Crippen LogP contribution in [0.5, 0.6) is 0 Å². The molecule has 2 aromatic rings. The quantitative estimate of drug-likeness (QED) is 0.910. The first-order valence-corrected chi connectivity index (χ1v) is 8.39. The zero-order chi connectivity index (χ0) is 16.5. The number of rotatable bonds is 5. The fourth-order valence-corrected chi connectivity index (χ4v) is 2.94. The van der Waals surface area contributed by atoms with E-state index in [1.54, 1.807) is 15.7 Å². The van der Waals surface area contributed by atoms with Crippen LogP contribution >= 0.6 is 0 Å². The van der Waals surface area contributed by atoms with E-state index in [1.165, 1.54) is 12.8 Å². The molecule has 4 rings (SSSR count). The van der Waals surface area contributed by atoms with Gasteiger partial charge in [-0.05, 0) is 24.3 Å². The van der Waals surface area contributed by atoms with Gasteiger partial charge in [-0.25, -0.2) is 4.98 Å². The Morgan fingerprint density at radius 2 is 2.00 bits per heavy atom. The summed E-state index contributed by atoms with van der Waals surface area (Å²) in [5.41, 5.74) is 1.42. The average Bonchev–Trinajstić information content (AvgIpc) is 3.33. The second kappa shape index (κ2) is 6.11. The molecule has 0 spiro atoms. The molecule has 2 aliphatic rings. The smallest absolute Gasteiger partial charge is 0.290 e. The van der Waals surface area contributed by atoms with Crippen LogP contribution in [0.1, 0.15) is 39.5 Å². The Morgan fingerprint density at radius 3 is 2.75 bits per heavy atom. The summed E-state index contributed by atoms with van der Waals surface area (Å²) in [6.07, 6.45) is 4.06. The van der Waals surface area contributed by atoms with E-state index in [2.05, 4.69) is 10.3 Å². The lowest BCUT2D eigenvalue weighted by molar-refractivity contribution is 0.0683. The van der Waals surface area contributed by atoms with Crippen molar-refractivity contribution in [3.63, 3.8) is 0 Å². The van der Waals surface area contributed by atoms with Gasteiger partial charge in [-0.2, -0.15) is 0 Å². The Balaban J connectivity index is 1.47. The maximum absolute atomic E-state index is 12.6. The minimum Gasteiger partial charge on any atom is -0.350 e. The highest BCUT2D eigenvalue weighted by Crippen LogP contribution is 2.27. The van der Waals surface area contributed by atoms with Crippen LogP contribution < -0.4 is 5.32 Å². The molecule has 1 aliphatic heterocycles. The zero-order valence-corrected chi connectivity index (χ0v) is 13.4. The van der Waals surface area contributed by atoms with E-state index in [4.69, 9.17) is 0 Å². The Kier molecular flexibility index (Phi) is 3.80. The van der Waals surface area contributed by atoms with Gasteiger partial charge in [-0.15, -0.1) is 0 Å². The van der Waals surface area contributed by atoms with Crippen molar-refractivity contribution < 1.29 is 9.59 Å². The molecular weight excluding hydrogens is 304 g/mol. The molecule has 24 heavy (non-hydrogen) atoms. The fourth-order valence-electron chi connectivity index (χ4n) is 2.94. The lowest BCUT2D eigenvalue weighted by atomic mass is 10.2. The van der Waals surface area contributed by atoms with E-state index in [0.29, 0.717) is 43.6 Å². The van der Waals surface area contributed by atoms with Crippen molar-refractivity contribution in [1.82, 2.24) is 19.8 Å². The molecule has 6 heteroatoms. The summed E-state index contributed by atoms with van der Waals surface area (Å²) in [7, 11) is 0. The first-order chi connectivity index (χ1) is 11.7. The van der Waals surface area contributed by atoms with Crippen molar-refractivity contribution in [2.75, 3.05) is 13.1 Å². The van der Waals surface area contributed by atoms with Crippen LogP contribution in [0, 0.1) is 5.92 Å². The molecule has 0 saturated heterocycles. The average molecular weight is 324 g/mol. The Hall–Kier alpha value is -2.63. The van der Waals surface area contributed by atoms with Gasteiger partial charge < -0.3 is 14.8 Å². The van der Waals surface area contributed by atoms with Gasteiger partial charge in [0.05, 0.1) is 0 Å². The lowest BCUT2D eigenvalue weighted by Gasteiger charge is -2.27. The minimum absolute atomic E-state index is 0.119. The number of benzene rings is 1. The molecule has 0 unspecified atom stereocenters. The molecule has 2 amide bonds. The van der Waals surface area contributed by atoms with E-state index in [-0.39, 0.29) is 11.8 Å². The maximum atomic E-state index is 12.6. The number of amides is 2. The van der Waals surface area contributed by atoms with E-state index >= 15 is 0 Å². The molecule has 0 bridgehead atoms. The van der Waals surface area contributed by atoms with Crippen LogP contribution in [-0.2, 0) is 13.1 Å². The molecule has 0 radical (unpaired) electrons. The highest BCUT2D eigenvalue weighted by molar-refractivity contribution is 5.96. The van der Waals surface area contributed by atoms with E-state index in [9.17, 15) is 9.59 Å². The molecule has 2 heterocycles. The number of carbonyl (C=O) groups is 2. The monoisotopic (exact) mass is 324 g/mol. The number of carbonyl (C=O) groups excluding carboxylic acids is 2. The van der Waals surface area contributed by atoms with Gasteiger partial charge in [0.2, 0.25) is 0 Å². The lowest BCUT2D eigenvalue weighted by Crippen LogP contribution is -2.39. The summed E-state index contributed by atoms with van der Waals surface area (Å²) in [6, 6.07) is 9.90. The third-order valence-corrected chi connectivity index (χ3v) is 4.56. The molecule has 1 fully saturated rings. The van der Waals surface area contributed by atoms with Crippen LogP contribution in [0.15, 0.2) is 36.5 Å². The first-order valence-electron chi connectivity index (χ1n) is 8.39. The van der Waals surface area contributed by atoms with Crippen LogP contribution in [-0.4, -0.2) is 39.4 Å². The number of nitrogens with zero attached hydrogens (tertiary/aromatic N) is 3. The molecule has 1 aromatic carbocycles. The summed E-state index contributed by atoms with van der Waals surface area (Å²) in [4.78, 5) is 30.9. The van der Waals surface area contributed by atoms with Gasteiger partial charge in [-0.1, -0.05) is 30.3 Å². The van der Waals surface area contributed by atoms with Crippen LogP contribution in [0.25, 0.3) is 0 Å². The van der Waals surface area contributed by atoms with Crippen molar-refractivity contribution >= 4 is 11.8 Å². The molecule has 1 aliphatic carbocycles. The summed E-state index contributed by atoms with van der Waals surface area (Å²) in [5.74, 6) is 0.667. The van der Waals surface area contributed by atoms with Crippen LogP contribution in [0.2, 0.25) is 0 Å². The maximum Gasteiger partial charge on any atom is 0.290 e. The number of hydrogen-bond acceptors (Lipinski definition) is 3. The van der Waals surface area contributed by atoms with E-state index in [0.717, 1.165) is 5.56 Å². The van der Waals surface area contributed by atoms with Crippen LogP contribution in [0.4, 0.5) is 0 Å². The molecule has 1 N–H and O–H groups in total. The summed E-state index contributed by atoms with van der Waals surface area (Å²) >= 11 is 0. The summed E-state index contributed by atoms with van der Waals surface area (Å²) in [6.45, 7) is 2.56. The van der Waals surface area contributed by atoms with Crippen LogP contribution in [0.3, 0.4) is 0 Å². The van der Waals surface area contributed by atoms with E-state index in [1.807, 2.05) is 30.3 Å². The predicted octanol–water partition coefficient (Wildman–Crippen LogP) is 1.68. The standard InChI is InChI=1S/C18H20N4O2/c23-17(19-10-13-6-7-13)15-12-21-8-9-22(18(24)16(21)20-15)11-14-4-2-1-3-5-14/h1-5,12-13H,6-11H2,(H,19,23). The third-order valence-electron chi connectivity index (χ3n) is 4.56. The molecule has 124 valence electrons. The van der Waals surface area contributed by atoms with Crippen molar-refractivity contribution in [3.8, 4) is 0 Å². The molecule has 0 atom stereocenters. The zero-order valence-electron chi connectivity index (χ0n) is 13.4. The topological polar surface area (TPSA) is 67.2 Å². The number of fused-ring (bicyclic) bond motifs is 1. The number of hydrogen-bond donors (Lipinski definition) is 1. The summed E-state index contributed by atoms with van der Waals surface area (Å²) < 4.78 is 1.79. The number of aromatic nitrogens is 2. The minimum atomic E-state index is -0.189. The van der Waals surface area contributed by atoms with Gasteiger partial charge in [-0.3, -0.25) is 9.59 Å². The normalized spacial score (nSPS) is 16.8. The summed E-state index contributed by atoms with van der Waals surface area (Å²) in [5, 5.41) is 2.90. The SMILES string of the molecule is O=C(NCC1CC1)c1cn2c(n1)C(=O)N(Cc1ccccc1)CC2. The second-order valence-corrected chi connectivity index (χ2v) is 6.51. The van der Waals surface area contributed by atoms with Gasteiger partial charge in [0.25, 0.3) is 11.8 Å². The van der Waals surface area contributed by atoms with Gasteiger partial charge >= 0.3 is 0 Å². The third kappa shape index (κ3) is 3.04. The Morgan fingerprint density at radius 1 is 1.21 bits per heavy atom. The molecule has 1 saturated carbocycles. The molecule has 1 aromatic heterocycles. The number of nitrogens with one attached hydrogen (secondary N) is 1. The van der Waals surface area contributed by atoms with Gasteiger partial charge in [0.15, 0.2) is 5.82 Å². The van der Waals surface area contributed by atoms with Gasteiger partial charge in [0.1, 0.15) is 5.69 Å². The highest BCUT2D eigenvalue weighted by atomic mass is 16.2. The van der Waals surface area contributed by atoms with Gasteiger partial charge in [0, 0.05) is 32.4 Å². The Labute approximate surface area is 140 Å². The van der Waals surface area contributed by atoms with Crippen molar-refractivity contribution in [3.05, 3.63) is 53.6 Å². The second-order valence-electron chi connectivity index (χ2n) is 6.51. The Bertz CT molecular complexity index is 765. The van der Waals surface area contributed by atoms with E-state index < -0.39 is 0 Å². The van der Waals surface area contributed by atoms with Crippen molar-refractivity contribution in [1.29, 1.82) is 0 Å². The molecular formula is C18H20N4O2. The fraction of sp³-hybridized carbons (Fsp3) is 0.389. The van der Waals surface area contributed by atoms with Crippen molar-refractivity contribution in [2.45, 2.75) is 25.9 Å². The number of imidazole rings is 1. The van der Waals surface area contributed by atoms with Crippen molar-refractivity contribution in [2.24, 2.45) is 5.92 Å². The highest BCUT2D eigenvalue weighted by Gasteiger charge is 2.29. The first kappa shape index (κ1) is 14.9.